The van der Waals surface area contributed by atoms with Crippen LogP contribution in [0.2, 0.25) is 0 Å². The summed E-state index contributed by atoms with van der Waals surface area (Å²) >= 11 is 0. The second-order valence-electron chi connectivity index (χ2n) is 6.05. The first-order valence-corrected chi connectivity index (χ1v) is 9.26. The Morgan fingerprint density at radius 2 is 1.00 bits per heavy atom. The van der Waals surface area contributed by atoms with Crippen LogP contribution in [0.15, 0.2) is 12.3 Å². The van der Waals surface area contributed by atoms with Gasteiger partial charge in [0.25, 0.3) is 0 Å². The number of hydrogen-bond donors (Lipinski definition) is 2. The molecule has 21 heavy (non-hydrogen) atoms. The normalized spacial score (nSPS) is 10.8. The summed E-state index contributed by atoms with van der Waals surface area (Å²) in [6.45, 7) is 5.49. The lowest BCUT2D eigenvalue weighted by Gasteiger charge is -2.03. The highest BCUT2D eigenvalue weighted by molar-refractivity contribution is 4.73. The van der Waals surface area contributed by atoms with Gasteiger partial charge in [0.1, 0.15) is 0 Å². The van der Waals surface area contributed by atoms with Crippen LogP contribution in [0.4, 0.5) is 0 Å². The third-order valence-corrected chi connectivity index (χ3v) is 3.96. The molecule has 2 heteroatoms. The zero-order valence-electron chi connectivity index (χ0n) is 15.0. The van der Waals surface area contributed by atoms with Gasteiger partial charge in [-0.25, -0.2) is 0 Å². The van der Waals surface area contributed by atoms with Crippen molar-refractivity contribution >= 4 is 0 Å². The fourth-order valence-corrected chi connectivity index (χ4v) is 2.62. The molecule has 0 aromatic carbocycles. The van der Waals surface area contributed by atoms with Crippen molar-refractivity contribution in [2.75, 3.05) is 6.54 Å². The van der Waals surface area contributed by atoms with Crippen LogP contribution in [0.1, 0.15) is 104 Å². The van der Waals surface area contributed by atoms with Crippen molar-refractivity contribution in [1.82, 2.24) is 11.5 Å². The molecule has 0 aliphatic rings. The molecule has 0 fully saturated rings. The molecule has 0 spiro atoms. The van der Waals surface area contributed by atoms with Gasteiger partial charge >= 0.3 is 0 Å². The average molecular weight is 299 g/mol. The maximum Gasteiger partial charge on any atom is 0.0141 e. The molecule has 0 aromatic heterocycles. The van der Waals surface area contributed by atoms with Gasteiger partial charge in [-0.1, -0.05) is 96.5 Å². The smallest absolute Gasteiger partial charge is 0.0141 e. The predicted molar refractivity (Wildman–Crippen MR) is 98.2 cm³/mol. The highest BCUT2D eigenvalue weighted by Gasteiger charge is 1.93. The quantitative estimate of drug-likeness (QED) is 0.309. The molecule has 0 aliphatic heterocycles. The van der Waals surface area contributed by atoms with Crippen LogP contribution in [-0.2, 0) is 0 Å². The number of hydrogen-bond acceptors (Lipinski definition) is 2. The molecule has 0 saturated heterocycles. The van der Waals surface area contributed by atoms with Crippen LogP contribution in [0.3, 0.4) is 0 Å². The van der Waals surface area contributed by atoms with Crippen molar-refractivity contribution in [3.8, 4) is 0 Å². The maximum atomic E-state index is 3.30. The molecular formula is C19H42N2. The van der Waals surface area contributed by atoms with E-state index in [-0.39, 0.29) is 6.15 Å². The lowest BCUT2D eigenvalue weighted by molar-refractivity contribution is 0.534. The van der Waals surface area contributed by atoms with Gasteiger partial charge in [-0.15, -0.1) is 0 Å². The summed E-state index contributed by atoms with van der Waals surface area (Å²) in [7, 11) is 0. The largest absolute Gasteiger partial charge is 0.391 e. The Labute approximate surface area is 134 Å². The molecule has 0 unspecified atom stereocenters. The number of allylic oxidation sites excluding steroid dienone is 1. The highest BCUT2D eigenvalue weighted by atomic mass is 14.8. The van der Waals surface area contributed by atoms with Crippen LogP contribution < -0.4 is 11.5 Å². The minimum absolute atomic E-state index is 0. The third-order valence-electron chi connectivity index (χ3n) is 3.96. The highest BCUT2D eigenvalue weighted by Crippen LogP contribution is 2.12. The summed E-state index contributed by atoms with van der Waals surface area (Å²) in [4.78, 5) is 0. The monoisotopic (exact) mass is 298 g/mol. The summed E-state index contributed by atoms with van der Waals surface area (Å²) in [5.74, 6) is 0. The summed E-state index contributed by atoms with van der Waals surface area (Å²) in [5, 5.41) is 3.30. The van der Waals surface area contributed by atoms with Crippen LogP contribution in [0.5, 0.6) is 0 Å². The molecule has 0 aromatic rings. The Kier molecular flexibility index (Phi) is 23.6. The minimum atomic E-state index is 0. The van der Waals surface area contributed by atoms with E-state index in [1.807, 2.05) is 6.20 Å². The van der Waals surface area contributed by atoms with Gasteiger partial charge in [-0.3, -0.25) is 0 Å². The first kappa shape index (κ1) is 22.8. The standard InChI is InChI=1S/C19H39N.H3N/c1-3-5-6-7-8-9-10-11-12-13-14-15-16-17-19-20-18-4-2;/h4,18,20H,3,5-17,19H2,1-2H3;1H3/b18-4+;. The second kappa shape index (κ2) is 21.8. The first-order chi connectivity index (χ1) is 9.91. The minimum Gasteiger partial charge on any atom is -0.391 e. The van der Waals surface area contributed by atoms with E-state index >= 15 is 0 Å². The Morgan fingerprint density at radius 3 is 1.38 bits per heavy atom. The molecule has 2 nitrogen and oxygen atoms in total. The molecule has 0 radical (unpaired) electrons. The third kappa shape index (κ3) is 21.9. The van der Waals surface area contributed by atoms with Gasteiger partial charge in [0.2, 0.25) is 0 Å². The Bertz CT molecular complexity index is 190. The molecule has 0 atom stereocenters. The molecule has 4 N–H and O–H groups in total. The van der Waals surface area contributed by atoms with Gasteiger partial charge in [0.05, 0.1) is 0 Å². The van der Waals surface area contributed by atoms with Crippen molar-refractivity contribution in [3.63, 3.8) is 0 Å². The van der Waals surface area contributed by atoms with E-state index in [4.69, 9.17) is 0 Å². The van der Waals surface area contributed by atoms with E-state index in [1.165, 1.54) is 89.9 Å². The topological polar surface area (TPSA) is 47.0 Å². The number of nitrogens with one attached hydrogen (secondary N) is 1. The van der Waals surface area contributed by atoms with E-state index in [2.05, 4.69) is 25.2 Å². The molecule has 0 aliphatic carbocycles. The van der Waals surface area contributed by atoms with Crippen LogP contribution in [-0.4, -0.2) is 6.54 Å². The maximum absolute atomic E-state index is 3.30. The fourth-order valence-electron chi connectivity index (χ4n) is 2.62. The molecular weight excluding hydrogens is 256 g/mol. The lowest BCUT2D eigenvalue weighted by atomic mass is 10.0. The molecule has 0 rings (SSSR count). The van der Waals surface area contributed by atoms with Crippen molar-refractivity contribution in [3.05, 3.63) is 12.3 Å². The summed E-state index contributed by atoms with van der Waals surface area (Å²) < 4.78 is 0. The van der Waals surface area contributed by atoms with E-state index in [9.17, 15) is 0 Å². The predicted octanol–water partition coefficient (Wildman–Crippen LogP) is 6.75. The molecule has 0 amide bonds. The molecule has 0 heterocycles. The summed E-state index contributed by atoms with van der Waals surface area (Å²) in [6, 6.07) is 0. The molecule has 0 bridgehead atoms. The van der Waals surface area contributed by atoms with E-state index in [0.717, 1.165) is 6.54 Å². The van der Waals surface area contributed by atoms with Crippen LogP contribution >= 0.6 is 0 Å². The van der Waals surface area contributed by atoms with Crippen LogP contribution in [0, 0.1) is 0 Å². The molecule has 128 valence electrons. The zero-order chi connectivity index (χ0) is 14.7. The van der Waals surface area contributed by atoms with Gasteiger partial charge in [0.15, 0.2) is 0 Å². The average Bonchev–Trinajstić information content (AvgIpc) is 2.47. The Hall–Kier alpha value is -0.500. The second-order valence-corrected chi connectivity index (χ2v) is 6.05. The first-order valence-electron chi connectivity index (χ1n) is 9.26. The molecule has 0 saturated carbocycles. The van der Waals surface area contributed by atoms with Crippen molar-refractivity contribution in [1.29, 1.82) is 0 Å². The fraction of sp³-hybridized carbons (Fsp3) is 0.895. The van der Waals surface area contributed by atoms with E-state index in [0.29, 0.717) is 0 Å². The Balaban J connectivity index is 0. The van der Waals surface area contributed by atoms with Gasteiger partial charge < -0.3 is 11.5 Å². The SMILES string of the molecule is C/C=C/NCCCCCCCCCCCCCCCC.N. The van der Waals surface area contributed by atoms with E-state index in [1.54, 1.807) is 0 Å². The van der Waals surface area contributed by atoms with Crippen molar-refractivity contribution in [2.45, 2.75) is 104 Å². The van der Waals surface area contributed by atoms with Crippen molar-refractivity contribution in [2.24, 2.45) is 0 Å². The summed E-state index contributed by atoms with van der Waals surface area (Å²) in [5.41, 5.74) is 0. The van der Waals surface area contributed by atoms with E-state index < -0.39 is 0 Å². The number of unbranched alkanes of at least 4 members (excludes halogenated alkanes) is 13. The number of rotatable bonds is 16. The van der Waals surface area contributed by atoms with Gasteiger partial charge in [0, 0.05) is 6.54 Å². The lowest BCUT2D eigenvalue weighted by Crippen LogP contribution is -2.05. The van der Waals surface area contributed by atoms with Crippen molar-refractivity contribution < 1.29 is 0 Å². The summed E-state index contributed by atoms with van der Waals surface area (Å²) in [6.07, 6.45) is 24.2. The van der Waals surface area contributed by atoms with Crippen LogP contribution in [0.25, 0.3) is 0 Å². The van der Waals surface area contributed by atoms with Gasteiger partial charge in [-0.2, -0.15) is 0 Å². The Morgan fingerprint density at radius 1 is 0.619 bits per heavy atom. The van der Waals surface area contributed by atoms with Gasteiger partial charge in [-0.05, 0) is 19.5 Å². The zero-order valence-corrected chi connectivity index (χ0v) is 15.0.